The minimum absolute atomic E-state index is 0.0686. The van der Waals surface area contributed by atoms with Crippen LogP contribution in [0.15, 0.2) is 45.8 Å². The maximum absolute atomic E-state index is 12.5. The quantitative estimate of drug-likeness (QED) is 0.359. The van der Waals surface area contributed by atoms with Gasteiger partial charge in [-0.25, -0.2) is 4.79 Å². The van der Waals surface area contributed by atoms with E-state index in [2.05, 4.69) is 16.7 Å². The zero-order valence-corrected chi connectivity index (χ0v) is 17.1. The first kappa shape index (κ1) is 21.4. The summed E-state index contributed by atoms with van der Waals surface area (Å²) in [5.41, 5.74) is -4.38. The first-order valence-electron chi connectivity index (χ1n) is 8.98. The Morgan fingerprint density at radius 3 is 2.38 bits per heavy atom. The maximum Gasteiger partial charge on any atom is 0.446 e. The molecule has 1 aliphatic rings. The fourth-order valence-corrected chi connectivity index (χ4v) is 3.41. The highest BCUT2D eigenvalue weighted by Gasteiger charge is 2.50. The van der Waals surface area contributed by atoms with Crippen LogP contribution in [0.25, 0.3) is 0 Å². The van der Waals surface area contributed by atoms with Crippen molar-refractivity contribution in [2.75, 3.05) is 0 Å². The number of rotatable bonds is 6. The third-order valence-electron chi connectivity index (χ3n) is 4.34. The SMILES string of the molecule is C=C(Cc1nc(C2(c3ccc(SC(F)(F)F)cc3)CC2)no1)C(=O)OC(C)(C)C. The fourth-order valence-electron chi connectivity index (χ4n) is 2.87. The van der Waals surface area contributed by atoms with Gasteiger partial charge in [0.15, 0.2) is 5.82 Å². The van der Waals surface area contributed by atoms with E-state index < -0.39 is 22.5 Å². The van der Waals surface area contributed by atoms with Crippen LogP contribution in [0.1, 0.15) is 50.9 Å². The average Bonchev–Trinajstić information content (AvgIpc) is 3.25. The van der Waals surface area contributed by atoms with Crippen molar-refractivity contribution in [2.24, 2.45) is 0 Å². The molecule has 9 heteroatoms. The lowest BCUT2D eigenvalue weighted by atomic mass is 9.95. The van der Waals surface area contributed by atoms with Crippen LogP contribution in [0.2, 0.25) is 0 Å². The molecule has 0 amide bonds. The molecule has 0 spiro atoms. The zero-order valence-electron chi connectivity index (χ0n) is 16.3. The summed E-state index contributed by atoms with van der Waals surface area (Å²) in [7, 11) is 0. The Balaban J connectivity index is 1.70. The molecule has 1 aliphatic carbocycles. The number of nitrogens with zero attached hydrogens (tertiary/aromatic N) is 2. The van der Waals surface area contributed by atoms with Crippen molar-refractivity contribution in [1.29, 1.82) is 0 Å². The number of ether oxygens (including phenoxy) is 1. The Morgan fingerprint density at radius 1 is 1.24 bits per heavy atom. The third kappa shape index (κ3) is 5.41. The van der Waals surface area contributed by atoms with Gasteiger partial charge in [-0.1, -0.05) is 23.9 Å². The minimum atomic E-state index is -4.32. The lowest BCUT2D eigenvalue weighted by molar-refractivity contribution is -0.150. The number of esters is 1. The average molecular weight is 426 g/mol. The molecule has 1 heterocycles. The van der Waals surface area contributed by atoms with E-state index in [9.17, 15) is 18.0 Å². The maximum atomic E-state index is 12.5. The van der Waals surface area contributed by atoms with Crippen molar-refractivity contribution in [3.8, 4) is 0 Å². The van der Waals surface area contributed by atoms with Crippen LogP contribution >= 0.6 is 11.8 Å². The molecule has 0 atom stereocenters. The van der Waals surface area contributed by atoms with E-state index in [1.54, 1.807) is 32.9 Å². The van der Waals surface area contributed by atoms with E-state index >= 15 is 0 Å². The summed E-state index contributed by atoms with van der Waals surface area (Å²) < 4.78 is 48.0. The number of benzene rings is 1. The van der Waals surface area contributed by atoms with E-state index in [4.69, 9.17) is 9.26 Å². The second kappa shape index (κ2) is 7.51. The number of hydrogen-bond acceptors (Lipinski definition) is 6. The fraction of sp³-hybridized carbons (Fsp3) is 0.450. The highest BCUT2D eigenvalue weighted by atomic mass is 32.2. The van der Waals surface area contributed by atoms with Gasteiger partial charge in [-0.2, -0.15) is 18.2 Å². The van der Waals surface area contributed by atoms with Crippen molar-refractivity contribution in [1.82, 2.24) is 10.1 Å². The van der Waals surface area contributed by atoms with Crippen LogP contribution in [-0.4, -0.2) is 27.2 Å². The van der Waals surface area contributed by atoms with Gasteiger partial charge < -0.3 is 9.26 Å². The zero-order chi connectivity index (χ0) is 21.4. The van der Waals surface area contributed by atoms with Gasteiger partial charge in [0.25, 0.3) is 0 Å². The molecule has 1 saturated carbocycles. The number of hydrogen-bond donors (Lipinski definition) is 0. The molecule has 2 aromatic rings. The Kier molecular flexibility index (Phi) is 5.55. The first-order chi connectivity index (χ1) is 13.4. The van der Waals surface area contributed by atoms with E-state index in [0.29, 0.717) is 5.82 Å². The largest absolute Gasteiger partial charge is 0.457 e. The summed E-state index contributed by atoms with van der Waals surface area (Å²) in [5, 5.41) is 4.03. The minimum Gasteiger partial charge on any atom is -0.457 e. The van der Waals surface area contributed by atoms with Crippen LogP contribution in [0.3, 0.4) is 0 Å². The van der Waals surface area contributed by atoms with Crippen molar-refractivity contribution < 1.29 is 27.2 Å². The lowest BCUT2D eigenvalue weighted by Gasteiger charge is -2.19. The standard InChI is InChI=1S/C20H21F3N2O3S/c1-12(16(26)27-18(2,3)4)11-15-24-17(25-28-15)19(9-10-19)13-5-7-14(8-6-13)29-20(21,22)23/h5-8H,1,9-11H2,2-4H3. The molecule has 0 unspecified atom stereocenters. The van der Waals surface area contributed by atoms with E-state index in [1.807, 2.05) is 0 Å². The Morgan fingerprint density at radius 2 is 1.86 bits per heavy atom. The van der Waals surface area contributed by atoms with Crippen LogP contribution < -0.4 is 0 Å². The summed E-state index contributed by atoms with van der Waals surface area (Å²) in [6.07, 6.45) is 1.61. The molecule has 156 valence electrons. The van der Waals surface area contributed by atoms with E-state index in [0.717, 1.165) is 18.4 Å². The number of halogens is 3. The number of thioether (sulfide) groups is 1. The Bertz CT molecular complexity index is 910. The molecular formula is C20H21F3N2O3S. The highest BCUT2D eigenvalue weighted by molar-refractivity contribution is 8.00. The number of carbonyl (C=O) groups excluding carboxylic acids is 1. The molecule has 1 aromatic heterocycles. The van der Waals surface area contributed by atoms with Gasteiger partial charge in [-0.3, -0.25) is 0 Å². The van der Waals surface area contributed by atoms with Crippen LogP contribution in [0.5, 0.6) is 0 Å². The second-order valence-corrected chi connectivity index (χ2v) is 9.09. The molecule has 0 saturated heterocycles. The molecular weight excluding hydrogens is 405 g/mol. The molecule has 0 aliphatic heterocycles. The Labute approximate surface area is 170 Å². The first-order valence-corrected chi connectivity index (χ1v) is 9.80. The van der Waals surface area contributed by atoms with Gasteiger partial charge in [0.1, 0.15) is 5.60 Å². The molecule has 1 fully saturated rings. The highest BCUT2D eigenvalue weighted by Crippen LogP contribution is 2.52. The predicted molar refractivity (Wildman–Crippen MR) is 101 cm³/mol. The summed E-state index contributed by atoms with van der Waals surface area (Å²) in [5.74, 6) is 0.170. The molecule has 1 aromatic carbocycles. The second-order valence-electron chi connectivity index (χ2n) is 7.95. The van der Waals surface area contributed by atoms with Crippen molar-refractivity contribution >= 4 is 17.7 Å². The molecule has 0 radical (unpaired) electrons. The number of carbonyl (C=O) groups is 1. The van der Waals surface area contributed by atoms with Crippen molar-refractivity contribution in [3.63, 3.8) is 0 Å². The lowest BCUT2D eigenvalue weighted by Crippen LogP contribution is -2.25. The molecule has 3 rings (SSSR count). The topological polar surface area (TPSA) is 65.2 Å². The van der Waals surface area contributed by atoms with Crippen LogP contribution in [0.4, 0.5) is 13.2 Å². The van der Waals surface area contributed by atoms with Crippen LogP contribution in [0, 0.1) is 0 Å². The van der Waals surface area contributed by atoms with Gasteiger partial charge in [0, 0.05) is 10.5 Å². The van der Waals surface area contributed by atoms with Gasteiger partial charge in [-0.05, 0) is 63.1 Å². The van der Waals surface area contributed by atoms with Crippen molar-refractivity contribution in [3.05, 3.63) is 53.7 Å². The van der Waals surface area contributed by atoms with E-state index in [-0.39, 0.29) is 34.5 Å². The van der Waals surface area contributed by atoms with Gasteiger partial charge >= 0.3 is 11.5 Å². The van der Waals surface area contributed by atoms with Gasteiger partial charge in [0.2, 0.25) is 5.89 Å². The van der Waals surface area contributed by atoms with Crippen molar-refractivity contribution in [2.45, 2.75) is 61.5 Å². The Hall–Kier alpha value is -2.29. The smallest absolute Gasteiger partial charge is 0.446 e. The normalized spacial score (nSPS) is 15.8. The van der Waals surface area contributed by atoms with Gasteiger partial charge in [-0.15, -0.1) is 0 Å². The molecule has 29 heavy (non-hydrogen) atoms. The predicted octanol–water partition coefficient (Wildman–Crippen LogP) is 5.20. The molecule has 5 nitrogen and oxygen atoms in total. The molecule has 0 N–H and O–H groups in total. The van der Waals surface area contributed by atoms with Gasteiger partial charge in [0.05, 0.1) is 11.8 Å². The summed E-state index contributed by atoms with van der Waals surface area (Å²) in [4.78, 5) is 16.6. The monoisotopic (exact) mass is 426 g/mol. The summed E-state index contributed by atoms with van der Waals surface area (Å²) >= 11 is -0.150. The third-order valence-corrected chi connectivity index (χ3v) is 5.08. The number of aromatic nitrogens is 2. The summed E-state index contributed by atoms with van der Waals surface area (Å²) in [6.45, 7) is 9.01. The summed E-state index contributed by atoms with van der Waals surface area (Å²) in [6, 6.07) is 6.21. The van der Waals surface area contributed by atoms with E-state index in [1.165, 1.54) is 12.1 Å². The van der Waals surface area contributed by atoms with Crippen LogP contribution in [-0.2, 0) is 21.4 Å². The number of alkyl halides is 3. The molecule has 0 bridgehead atoms.